The van der Waals surface area contributed by atoms with Crippen molar-refractivity contribution in [1.82, 2.24) is 0 Å². The van der Waals surface area contributed by atoms with Crippen LogP contribution in [-0.4, -0.2) is 23.9 Å². The zero-order chi connectivity index (χ0) is 25.9. The van der Waals surface area contributed by atoms with E-state index in [9.17, 15) is 14.7 Å². The molecule has 0 aromatic heterocycles. The van der Waals surface area contributed by atoms with Gasteiger partial charge >= 0.3 is 0 Å². The molecule has 1 N–H and O–H groups in total. The first-order valence-corrected chi connectivity index (χ1v) is 11.8. The lowest BCUT2D eigenvalue weighted by Crippen LogP contribution is -2.29. The summed E-state index contributed by atoms with van der Waals surface area (Å²) in [7, 11) is 1.55. The van der Waals surface area contributed by atoms with Gasteiger partial charge in [0.05, 0.1) is 18.7 Å². The predicted molar refractivity (Wildman–Crippen MR) is 142 cm³/mol. The number of amides is 1. The molecule has 5 rings (SSSR count). The summed E-state index contributed by atoms with van der Waals surface area (Å²) in [6.07, 6.45) is 0. The lowest BCUT2D eigenvalue weighted by atomic mass is 9.95. The molecular weight excluding hydrogens is 466 g/mol. The molecule has 37 heavy (non-hydrogen) atoms. The number of aryl methyl sites for hydroxylation is 1. The number of aliphatic hydroxyl groups is 1. The normalized spacial score (nSPS) is 16.6. The van der Waals surface area contributed by atoms with Gasteiger partial charge in [0, 0.05) is 11.3 Å². The molecule has 0 radical (unpaired) electrons. The first-order chi connectivity index (χ1) is 18.0. The average molecular weight is 492 g/mol. The Labute approximate surface area is 215 Å². The Morgan fingerprint density at radius 2 is 1.49 bits per heavy atom. The highest BCUT2D eigenvalue weighted by Crippen LogP contribution is 2.43. The van der Waals surface area contributed by atoms with Crippen molar-refractivity contribution in [2.24, 2.45) is 0 Å². The molecule has 184 valence electrons. The highest BCUT2D eigenvalue weighted by molar-refractivity contribution is 6.51. The van der Waals surface area contributed by atoms with Gasteiger partial charge in [-0.15, -0.1) is 0 Å². The van der Waals surface area contributed by atoms with E-state index in [2.05, 4.69) is 0 Å². The molecule has 1 amide bonds. The van der Waals surface area contributed by atoms with Crippen molar-refractivity contribution in [1.29, 1.82) is 0 Å². The van der Waals surface area contributed by atoms with E-state index < -0.39 is 17.7 Å². The third-order valence-corrected chi connectivity index (χ3v) is 6.24. The van der Waals surface area contributed by atoms with E-state index in [0.29, 0.717) is 34.1 Å². The van der Waals surface area contributed by atoms with E-state index in [1.807, 2.05) is 61.5 Å². The minimum Gasteiger partial charge on any atom is -0.507 e. The number of ketones is 1. The first kappa shape index (κ1) is 23.9. The molecule has 1 atom stereocenters. The smallest absolute Gasteiger partial charge is 0.300 e. The molecule has 0 spiro atoms. The molecule has 0 aliphatic carbocycles. The third kappa shape index (κ3) is 4.69. The summed E-state index contributed by atoms with van der Waals surface area (Å²) in [5.74, 6) is 0.0949. The number of methoxy groups -OCH3 is 1. The number of anilines is 1. The largest absolute Gasteiger partial charge is 0.507 e. The van der Waals surface area contributed by atoms with Crippen molar-refractivity contribution in [2.45, 2.75) is 13.0 Å². The Balaban J connectivity index is 1.66. The maximum Gasteiger partial charge on any atom is 0.300 e. The maximum atomic E-state index is 13.4. The van der Waals surface area contributed by atoms with Crippen LogP contribution in [0.25, 0.3) is 5.76 Å². The van der Waals surface area contributed by atoms with Gasteiger partial charge in [-0.1, -0.05) is 42.5 Å². The van der Waals surface area contributed by atoms with Gasteiger partial charge in [0.25, 0.3) is 11.7 Å². The Hall–Kier alpha value is -4.84. The van der Waals surface area contributed by atoms with Crippen LogP contribution in [0, 0.1) is 6.92 Å². The zero-order valence-corrected chi connectivity index (χ0v) is 20.4. The number of Topliss-reactive ketones (excluding diaryl/α,β-unsaturated/α-hetero) is 1. The first-order valence-electron chi connectivity index (χ1n) is 11.8. The fourth-order valence-electron chi connectivity index (χ4n) is 4.47. The van der Waals surface area contributed by atoms with Crippen molar-refractivity contribution >= 4 is 23.1 Å². The number of carbonyl (C=O) groups is 2. The molecule has 0 bridgehead atoms. The summed E-state index contributed by atoms with van der Waals surface area (Å²) >= 11 is 0. The fourth-order valence-corrected chi connectivity index (χ4v) is 4.47. The van der Waals surface area contributed by atoms with E-state index in [1.165, 1.54) is 4.90 Å². The molecule has 6 heteroatoms. The second-order valence-corrected chi connectivity index (χ2v) is 8.72. The minimum atomic E-state index is -0.858. The number of aliphatic hydroxyl groups excluding tert-OH is 1. The van der Waals surface area contributed by atoms with E-state index in [4.69, 9.17) is 9.47 Å². The number of nitrogens with zero attached hydrogens (tertiary/aromatic N) is 1. The van der Waals surface area contributed by atoms with Crippen LogP contribution < -0.4 is 14.4 Å². The van der Waals surface area contributed by atoms with Gasteiger partial charge in [-0.3, -0.25) is 14.5 Å². The van der Waals surface area contributed by atoms with Crippen LogP contribution in [0.15, 0.2) is 109 Å². The molecule has 1 unspecified atom stereocenters. The predicted octanol–water partition coefficient (Wildman–Crippen LogP) is 6.42. The van der Waals surface area contributed by atoms with E-state index in [-0.39, 0.29) is 11.3 Å². The number of benzene rings is 4. The Morgan fingerprint density at radius 3 is 2.19 bits per heavy atom. The van der Waals surface area contributed by atoms with Crippen LogP contribution in [0.4, 0.5) is 5.69 Å². The van der Waals surface area contributed by atoms with Crippen LogP contribution in [0.3, 0.4) is 0 Å². The summed E-state index contributed by atoms with van der Waals surface area (Å²) in [5.41, 5.74) is 2.55. The van der Waals surface area contributed by atoms with Crippen LogP contribution >= 0.6 is 0 Å². The summed E-state index contributed by atoms with van der Waals surface area (Å²) in [6, 6.07) is 29.7. The average Bonchev–Trinajstić information content (AvgIpc) is 3.19. The summed E-state index contributed by atoms with van der Waals surface area (Å²) in [6.45, 7) is 1.92. The molecule has 1 saturated heterocycles. The Kier molecular flexibility index (Phi) is 6.47. The van der Waals surface area contributed by atoms with Gasteiger partial charge < -0.3 is 14.6 Å². The summed E-state index contributed by atoms with van der Waals surface area (Å²) in [4.78, 5) is 28.2. The molecular formula is C31H25NO5. The molecule has 6 nitrogen and oxygen atoms in total. The molecule has 1 aliphatic heterocycles. The Morgan fingerprint density at radius 1 is 0.784 bits per heavy atom. The fraction of sp³-hybridized carbons (Fsp3) is 0.0968. The van der Waals surface area contributed by atoms with E-state index in [1.54, 1.807) is 55.6 Å². The Bertz CT molecular complexity index is 1490. The van der Waals surface area contributed by atoms with Crippen LogP contribution in [-0.2, 0) is 9.59 Å². The number of rotatable bonds is 6. The number of hydrogen-bond acceptors (Lipinski definition) is 5. The van der Waals surface area contributed by atoms with Crippen molar-refractivity contribution in [2.75, 3.05) is 12.0 Å². The number of para-hydroxylation sites is 1. The van der Waals surface area contributed by atoms with Crippen molar-refractivity contribution < 1.29 is 24.2 Å². The molecule has 1 heterocycles. The van der Waals surface area contributed by atoms with Gasteiger partial charge in [0.15, 0.2) is 0 Å². The highest BCUT2D eigenvalue weighted by atomic mass is 16.5. The minimum absolute atomic E-state index is 0.00790. The summed E-state index contributed by atoms with van der Waals surface area (Å²) < 4.78 is 11.2. The van der Waals surface area contributed by atoms with Crippen LogP contribution in [0.2, 0.25) is 0 Å². The molecule has 0 saturated carbocycles. The van der Waals surface area contributed by atoms with E-state index >= 15 is 0 Å². The number of ether oxygens (including phenoxy) is 2. The second kappa shape index (κ2) is 10.0. The topological polar surface area (TPSA) is 76.1 Å². The molecule has 4 aromatic carbocycles. The van der Waals surface area contributed by atoms with Gasteiger partial charge in [0.1, 0.15) is 23.0 Å². The van der Waals surface area contributed by atoms with E-state index in [0.717, 1.165) is 5.56 Å². The number of carbonyl (C=O) groups excluding carboxylic acids is 2. The molecule has 1 fully saturated rings. The van der Waals surface area contributed by atoms with Crippen molar-refractivity contribution in [3.63, 3.8) is 0 Å². The molecule has 4 aromatic rings. The lowest BCUT2D eigenvalue weighted by molar-refractivity contribution is -0.132. The zero-order valence-electron chi connectivity index (χ0n) is 20.4. The summed E-state index contributed by atoms with van der Waals surface area (Å²) in [5, 5.41) is 11.3. The maximum absolute atomic E-state index is 13.4. The van der Waals surface area contributed by atoms with Gasteiger partial charge in [-0.25, -0.2) is 0 Å². The van der Waals surface area contributed by atoms with Gasteiger partial charge in [-0.2, -0.15) is 0 Å². The van der Waals surface area contributed by atoms with Gasteiger partial charge in [-0.05, 0) is 78.7 Å². The quantitative estimate of drug-likeness (QED) is 0.191. The standard InChI is InChI=1S/C31H25NO5/c1-20-8-6-10-23(18-20)32-28(22-9-7-13-26(19-22)37-25-11-4-3-5-12-25)27(30(34)31(32)35)29(33)21-14-16-24(36-2)17-15-21/h3-19,28,33H,1-2H3/b29-27-. The van der Waals surface area contributed by atoms with Crippen LogP contribution in [0.1, 0.15) is 22.7 Å². The third-order valence-electron chi connectivity index (χ3n) is 6.24. The molecule has 1 aliphatic rings. The SMILES string of the molecule is COc1ccc(/C(O)=C2/C(=O)C(=O)N(c3cccc(C)c3)C2c2cccc(Oc3ccccc3)c2)cc1. The highest BCUT2D eigenvalue weighted by Gasteiger charge is 2.47. The van der Waals surface area contributed by atoms with Gasteiger partial charge in [0.2, 0.25) is 0 Å². The van der Waals surface area contributed by atoms with Crippen molar-refractivity contribution in [3.8, 4) is 17.2 Å². The lowest BCUT2D eigenvalue weighted by Gasteiger charge is -2.26. The second-order valence-electron chi connectivity index (χ2n) is 8.72. The number of hydrogen-bond donors (Lipinski definition) is 1. The van der Waals surface area contributed by atoms with Crippen LogP contribution in [0.5, 0.6) is 17.2 Å². The monoisotopic (exact) mass is 491 g/mol. The van der Waals surface area contributed by atoms with Crippen molar-refractivity contribution in [3.05, 3.63) is 125 Å².